The Balaban J connectivity index is 2.44. The fourth-order valence-electron chi connectivity index (χ4n) is 1.41. The van der Waals surface area contributed by atoms with E-state index in [4.69, 9.17) is 33.7 Å². The van der Waals surface area contributed by atoms with E-state index in [1.807, 2.05) is 0 Å². The first-order chi connectivity index (χ1) is 8.88. The summed E-state index contributed by atoms with van der Waals surface area (Å²) in [6.07, 6.45) is 0. The zero-order valence-electron chi connectivity index (χ0n) is 10.2. The van der Waals surface area contributed by atoms with Crippen LogP contribution >= 0.6 is 39.1 Å². The highest BCUT2D eigenvalue weighted by atomic mass is 79.9. The predicted octanol–water partition coefficient (Wildman–Crippen LogP) is 4.54. The summed E-state index contributed by atoms with van der Waals surface area (Å²) >= 11 is 15.4. The molecule has 1 heterocycles. The van der Waals surface area contributed by atoms with Crippen molar-refractivity contribution < 1.29 is 4.74 Å². The second-order valence-electron chi connectivity index (χ2n) is 3.89. The molecule has 0 radical (unpaired) electrons. The molecule has 19 heavy (non-hydrogen) atoms. The molecule has 0 aliphatic carbocycles. The maximum absolute atomic E-state index is 6.10. The summed E-state index contributed by atoms with van der Waals surface area (Å²) in [6, 6.07) is 3.27. The Labute approximate surface area is 129 Å². The summed E-state index contributed by atoms with van der Waals surface area (Å²) in [5.41, 5.74) is 6.42. The SMILES string of the molecule is Cc1nc(N)c(C)c(Oc2cc(Cl)c(Br)cc2Cl)n1. The molecule has 0 saturated heterocycles. The molecule has 0 aliphatic rings. The highest BCUT2D eigenvalue weighted by molar-refractivity contribution is 9.10. The lowest BCUT2D eigenvalue weighted by atomic mass is 10.3. The van der Waals surface area contributed by atoms with Gasteiger partial charge in [0, 0.05) is 10.5 Å². The van der Waals surface area contributed by atoms with Gasteiger partial charge in [-0.15, -0.1) is 0 Å². The Bertz CT molecular complexity index is 649. The zero-order chi connectivity index (χ0) is 14.2. The van der Waals surface area contributed by atoms with Crippen molar-refractivity contribution in [2.24, 2.45) is 0 Å². The first-order valence-corrected chi connectivity index (χ1v) is 6.86. The number of nitrogens with two attached hydrogens (primary N) is 1. The van der Waals surface area contributed by atoms with Crippen LogP contribution in [0.25, 0.3) is 0 Å². The minimum atomic E-state index is 0.366. The number of anilines is 1. The smallest absolute Gasteiger partial charge is 0.227 e. The van der Waals surface area contributed by atoms with Crippen molar-refractivity contribution in [1.82, 2.24) is 9.97 Å². The number of hydrogen-bond acceptors (Lipinski definition) is 4. The molecular formula is C12H10BrCl2N3O. The van der Waals surface area contributed by atoms with Gasteiger partial charge in [-0.3, -0.25) is 0 Å². The van der Waals surface area contributed by atoms with Crippen molar-refractivity contribution in [3.8, 4) is 11.6 Å². The lowest BCUT2D eigenvalue weighted by Crippen LogP contribution is -2.02. The lowest BCUT2D eigenvalue weighted by molar-refractivity contribution is 0.456. The molecule has 0 unspecified atom stereocenters. The van der Waals surface area contributed by atoms with Gasteiger partial charge in [-0.1, -0.05) is 23.2 Å². The standard InChI is InChI=1S/C12H10BrCl2N3O/c1-5-11(16)17-6(2)18-12(5)19-10-4-8(14)7(13)3-9(10)15/h3-4H,1-2H3,(H2,16,17,18). The molecular weight excluding hydrogens is 353 g/mol. The topological polar surface area (TPSA) is 61.0 Å². The Morgan fingerprint density at radius 3 is 2.53 bits per heavy atom. The Morgan fingerprint density at radius 2 is 1.84 bits per heavy atom. The van der Waals surface area contributed by atoms with Gasteiger partial charge in [-0.2, -0.15) is 4.98 Å². The number of aryl methyl sites for hydroxylation is 1. The molecule has 2 rings (SSSR count). The van der Waals surface area contributed by atoms with Crippen molar-refractivity contribution in [2.45, 2.75) is 13.8 Å². The van der Waals surface area contributed by atoms with E-state index in [1.54, 1.807) is 26.0 Å². The van der Waals surface area contributed by atoms with Crippen LogP contribution in [-0.4, -0.2) is 9.97 Å². The van der Waals surface area contributed by atoms with Gasteiger partial charge in [0.2, 0.25) is 5.88 Å². The summed E-state index contributed by atoms with van der Waals surface area (Å²) in [7, 11) is 0. The molecule has 0 bridgehead atoms. The van der Waals surface area contributed by atoms with Crippen LogP contribution in [0.15, 0.2) is 16.6 Å². The predicted molar refractivity (Wildman–Crippen MR) is 80.2 cm³/mol. The first-order valence-electron chi connectivity index (χ1n) is 5.31. The molecule has 4 nitrogen and oxygen atoms in total. The maximum atomic E-state index is 6.10. The third-order valence-corrected chi connectivity index (χ3v) is 3.92. The second kappa shape index (κ2) is 5.53. The first kappa shape index (κ1) is 14.4. The van der Waals surface area contributed by atoms with Crippen LogP contribution in [-0.2, 0) is 0 Å². The van der Waals surface area contributed by atoms with Crippen LogP contribution in [0.3, 0.4) is 0 Å². The summed E-state index contributed by atoms with van der Waals surface area (Å²) in [5.74, 6) is 1.68. The fourth-order valence-corrected chi connectivity index (χ4v) is 2.24. The Morgan fingerprint density at radius 1 is 1.16 bits per heavy atom. The van der Waals surface area contributed by atoms with Gasteiger partial charge in [0.05, 0.1) is 15.6 Å². The minimum Gasteiger partial charge on any atom is -0.437 e. The van der Waals surface area contributed by atoms with E-state index < -0.39 is 0 Å². The highest BCUT2D eigenvalue weighted by Crippen LogP contribution is 2.37. The quantitative estimate of drug-likeness (QED) is 0.796. The van der Waals surface area contributed by atoms with Crippen LogP contribution in [0.2, 0.25) is 10.0 Å². The molecule has 0 amide bonds. The largest absolute Gasteiger partial charge is 0.437 e. The maximum Gasteiger partial charge on any atom is 0.227 e. The summed E-state index contributed by atoms with van der Waals surface area (Å²) < 4.78 is 6.37. The van der Waals surface area contributed by atoms with Crippen LogP contribution in [0.5, 0.6) is 11.6 Å². The summed E-state index contributed by atoms with van der Waals surface area (Å²) in [4.78, 5) is 8.24. The number of nitrogens with zero attached hydrogens (tertiary/aromatic N) is 2. The molecule has 0 saturated carbocycles. The van der Waals surface area contributed by atoms with Gasteiger partial charge >= 0.3 is 0 Å². The van der Waals surface area contributed by atoms with Gasteiger partial charge in [-0.25, -0.2) is 4.98 Å². The van der Waals surface area contributed by atoms with Crippen LogP contribution in [0.4, 0.5) is 5.82 Å². The van der Waals surface area contributed by atoms with E-state index in [-0.39, 0.29) is 0 Å². The number of nitrogen functional groups attached to an aromatic ring is 1. The van der Waals surface area contributed by atoms with Crippen LogP contribution < -0.4 is 10.5 Å². The second-order valence-corrected chi connectivity index (χ2v) is 5.55. The van der Waals surface area contributed by atoms with E-state index >= 15 is 0 Å². The van der Waals surface area contributed by atoms with Gasteiger partial charge in [0.25, 0.3) is 0 Å². The van der Waals surface area contributed by atoms with Gasteiger partial charge < -0.3 is 10.5 Å². The summed E-state index contributed by atoms with van der Waals surface area (Å²) in [6.45, 7) is 3.51. The third kappa shape index (κ3) is 3.11. The molecule has 0 atom stereocenters. The van der Waals surface area contributed by atoms with E-state index in [1.165, 1.54) is 0 Å². The van der Waals surface area contributed by atoms with E-state index in [0.717, 1.165) is 0 Å². The van der Waals surface area contributed by atoms with Crippen molar-refractivity contribution in [3.05, 3.63) is 38.0 Å². The molecule has 2 aromatic rings. The minimum absolute atomic E-state index is 0.366. The van der Waals surface area contributed by atoms with Crippen molar-refractivity contribution in [3.63, 3.8) is 0 Å². The van der Waals surface area contributed by atoms with Crippen molar-refractivity contribution >= 4 is 44.9 Å². The monoisotopic (exact) mass is 361 g/mol. The molecule has 100 valence electrons. The number of halogens is 3. The van der Waals surface area contributed by atoms with Crippen LogP contribution in [0.1, 0.15) is 11.4 Å². The number of benzene rings is 1. The van der Waals surface area contributed by atoms with Crippen molar-refractivity contribution in [2.75, 3.05) is 5.73 Å². The normalized spacial score (nSPS) is 10.6. The summed E-state index contributed by atoms with van der Waals surface area (Å²) in [5, 5.41) is 0.918. The van der Waals surface area contributed by atoms with Crippen LogP contribution in [0, 0.1) is 13.8 Å². The molecule has 2 N–H and O–H groups in total. The average Bonchev–Trinajstić information content (AvgIpc) is 2.32. The van der Waals surface area contributed by atoms with E-state index in [9.17, 15) is 0 Å². The Hall–Kier alpha value is -1.04. The number of hydrogen-bond donors (Lipinski definition) is 1. The Kier molecular flexibility index (Phi) is 4.18. The molecule has 7 heteroatoms. The zero-order valence-corrected chi connectivity index (χ0v) is 13.3. The van der Waals surface area contributed by atoms with Gasteiger partial charge in [0.1, 0.15) is 17.4 Å². The average molecular weight is 363 g/mol. The molecule has 1 aromatic heterocycles. The number of rotatable bonds is 2. The highest BCUT2D eigenvalue weighted by Gasteiger charge is 2.13. The fraction of sp³-hybridized carbons (Fsp3) is 0.167. The molecule has 0 fully saturated rings. The van der Waals surface area contributed by atoms with Crippen molar-refractivity contribution in [1.29, 1.82) is 0 Å². The van der Waals surface area contributed by atoms with E-state index in [0.29, 0.717) is 43.4 Å². The van der Waals surface area contributed by atoms with Gasteiger partial charge in [-0.05, 0) is 35.8 Å². The molecule has 1 aromatic carbocycles. The lowest BCUT2D eigenvalue weighted by Gasteiger charge is -2.11. The molecule has 0 aliphatic heterocycles. The van der Waals surface area contributed by atoms with Gasteiger partial charge in [0.15, 0.2) is 0 Å². The molecule has 0 spiro atoms. The number of aromatic nitrogens is 2. The number of ether oxygens (including phenoxy) is 1. The third-order valence-electron chi connectivity index (χ3n) is 2.43. The van der Waals surface area contributed by atoms with E-state index in [2.05, 4.69) is 25.9 Å².